The number of aliphatic hydroxyl groups excluding tert-OH is 1. The Morgan fingerprint density at radius 1 is 1.15 bits per heavy atom. The number of ether oxygens (including phenoxy) is 2. The molecule has 9 heteroatoms. The summed E-state index contributed by atoms with van der Waals surface area (Å²) < 4.78 is 22.4. The molecular formula is C25H26N2O7. The quantitative estimate of drug-likeness (QED) is 0.529. The fourth-order valence-corrected chi connectivity index (χ4v) is 4.53. The number of hydrogen-bond acceptors (Lipinski definition) is 8. The van der Waals surface area contributed by atoms with Gasteiger partial charge in [-0.15, -0.1) is 0 Å². The largest absolute Gasteiger partial charge is 0.503 e. The number of nitrogens with zero attached hydrogens (tertiary/aromatic N) is 2. The predicted molar refractivity (Wildman–Crippen MR) is 122 cm³/mol. The van der Waals surface area contributed by atoms with Crippen LogP contribution >= 0.6 is 0 Å². The van der Waals surface area contributed by atoms with Gasteiger partial charge in [0, 0.05) is 31.6 Å². The number of ketones is 1. The van der Waals surface area contributed by atoms with Crippen LogP contribution in [0, 0.1) is 6.92 Å². The number of rotatable bonds is 7. The molecule has 1 aromatic carbocycles. The molecule has 0 aliphatic carbocycles. The van der Waals surface area contributed by atoms with E-state index in [0.29, 0.717) is 54.5 Å². The van der Waals surface area contributed by atoms with E-state index < -0.39 is 23.5 Å². The third-order valence-corrected chi connectivity index (χ3v) is 6.29. The Kier molecular flexibility index (Phi) is 5.89. The first-order chi connectivity index (χ1) is 16.5. The van der Waals surface area contributed by atoms with Gasteiger partial charge in [-0.25, -0.2) is 0 Å². The molecule has 2 aliphatic rings. The molecule has 1 amide bonds. The van der Waals surface area contributed by atoms with Gasteiger partial charge < -0.3 is 28.3 Å². The number of Topliss-reactive ketones (excluding diaryl/α,β-unsaturated/α-hetero) is 1. The van der Waals surface area contributed by atoms with Crippen molar-refractivity contribution in [3.63, 3.8) is 0 Å². The summed E-state index contributed by atoms with van der Waals surface area (Å²) in [6, 6.07) is 9.55. The molecule has 1 atom stereocenters. The summed E-state index contributed by atoms with van der Waals surface area (Å²) in [7, 11) is 1.52. The summed E-state index contributed by atoms with van der Waals surface area (Å²) in [5, 5.41) is 11.5. The van der Waals surface area contributed by atoms with Gasteiger partial charge in [-0.05, 0) is 31.2 Å². The van der Waals surface area contributed by atoms with E-state index in [1.165, 1.54) is 12.0 Å². The van der Waals surface area contributed by atoms with Crippen LogP contribution in [0.4, 0.5) is 0 Å². The highest BCUT2D eigenvalue weighted by Gasteiger charge is 2.46. The molecule has 1 fully saturated rings. The first-order valence-electron chi connectivity index (χ1n) is 11.2. The zero-order valence-electron chi connectivity index (χ0n) is 19.1. The van der Waals surface area contributed by atoms with Crippen molar-refractivity contribution in [2.24, 2.45) is 0 Å². The zero-order valence-corrected chi connectivity index (χ0v) is 19.1. The van der Waals surface area contributed by atoms with Crippen molar-refractivity contribution in [3.8, 4) is 5.75 Å². The third kappa shape index (κ3) is 3.86. The topological polar surface area (TPSA) is 106 Å². The number of methoxy groups -OCH3 is 1. The normalized spacial score (nSPS) is 19.4. The molecule has 34 heavy (non-hydrogen) atoms. The Hall–Kier alpha value is -3.56. The van der Waals surface area contributed by atoms with E-state index in [-0.39, 0.29) is 11.3 Å². The molecule has 4 heterocycles. The van der Waals surface area contributed by atoms with Crippen LogP contribution in [-0.2, 0) is 9.53 Å². The summed E-state index contributed by atoms with van der Waals surface area (Å²) in [4.78, 5) is 30.4. The minimum Gasteiger partial charge on any atom is -0.503 e. The van der Waals surface area contributed by atoms with Gasteiger partial charge in [0.25, 0.3) is 5.91 Å². The van der Waals surface area contributed by atoms with E-state index in [0.717, 1.165) is 13.1 Å². The fraction of sp³-hybridized carbons (Fsp3) is 0.360. The standard InChI is InChI=1S/C25H26N2O7/c1-15-6-7-17(33-15)21-20(22(28)19-14-16-4-3-5-18(31-2)24(16)34-19)23(29)25(30)27(21)9-8-26-10-12-32-13-11-26/h3-7,14,21,29H,8-13H2,1-2H3/t21-/m0/s1. The van der Waals surface area contributed by atoms with E-state index in [1.54, 1.807) is 43.3 Å². The molecular weight excluding hydrogens is 440 g/mol. The number of aryl methyl sites for hydroxylation is 1. The fourth-order valence-electron chi connectivity index (χ4n) is 4.53. The summed E-state index contributed by atoms with van der Waals surface area (Å²) >= 11 is 0. The SMILES string of the molecule is COc1cccc2cc(C(=O)C3=C(O)C(=O)N(CCN4CCOCC4)[C@H]3c3ccc(C)o3)oc12. The summed E-state index contributed by atoms with van der Waals surface area (Å²) in [5.74, 6) is -0.212. The average Bonchev–Trinajstić information content (AvgIpc) is 3.54. The van der Waals surface area contributed by atoms with Crippen molar-refractivity contribution in [2.75, 3.05) is 46.5 Å². The second kappa shape index (κ2) is 9.00. The number of morpholine rings is 1. The molecule has 2 aliphatic heterocycles. The molecule has 1 N–H and O–H groups in total. The summed E-state index contributed by atoms with van der Waals surface area (Å²) in [6.07, 6.45) is 0. The molecule has 0 spiro atoms. The van der Waals surface area contributed by atoms with Crippen molar-refractivity contribution in [2.45, 2.75) is 13.0 Å². The molecule has 9 nitrogen and oxygen atoms in total. The highest BCUT2D eigenvalue weighted by Crippen LogP contribution is 2.40. The third-order valence-electron chi connectivity index (χ3n) is 6.29. The number of carbonyl (C=O) groups excluding carboxylic acids is 2. The van der Waals surface area contributed by atoms with Crippen molar-refractivity contribution in [1.82, 2.24) is 9.80 Å². The Bertz CT molecular complexity index is 1270. The lowest BCUT2D eigenvalue weighted by molar-refractivity contribution is -0.130. The van der Waals surface area contributed by atoms with Gasteiger partial charge in [0.15, 0.2) is 22.9 Å². The van der Waals surface area contributed by atoms with Crippen LogP contribution in [0.15, 0.2) is 56.6 Å². The van der Waals surface area contributed by atoms with Gasteiger partial charge >= 0.3 is 0 Å². The minimum absolute atomic E-state index is 0.0113. The van der Waals surface area contributed by atoms with Crippen molar-refractivity contribution < 1.29 is 33.0 Å². The number of furan rings is 2. The van der Waals surface area contributed by atoms with Gasteiger partial charge in [-0.1, -0.05) is 12.1 Å². The summed E-state index contributed by atoms with van der Waals surface area (Å²) in [5.41, 5.74) is 0.367. The van der Waals surface area contributed by atoms with Gasteiger partial charge in [0.1, 0.15) is 17.6 Å². The van der Waals surface area contributed by atoms with Crippen LogP contribution < -0.4 is 4.74 Å². The van der Waals surface area contributed by atoms with E-state index in [4.69, 9.17) is 18.3 Å². The second-order valence-electron chi connectivity index (χ2n) is 8.38. The monoisotopic (exact) mass is 466 g/mol. The number of para-hydroxylation sites is 1. The number of hydrogen-bond donors (Lipinski definition) is 1. The Morgan fingerprint density at radius 3 is 2.65 bits per heavy atom. The smallest absolute Gasteiger partial charge is 0.290 e. The highest BCUT2D eigenvalue weighted by atomic mass is 16.5. The minimum atomic E-state index is -0.857. The van der Waals surface area contributed by atoms with Crippen molar-refractivity contribution >= 4 is 22.7 Å². The zero-order chi connectivity index (χ0) is 23.8. The second-order valence-corrected chi connectivity index (χ2v) is 8.38. The van der Waals surface area contributed by atoms with Crippen molar-refractivity contribution in [1.29, 1.82) is 0 Å². The van der Waals surface area contributed by atoms with Gasteiger partial charge in [0.2, 0.25) is 5.78 Å². The maximum absolute atomic E-state index is 13.6. The lowest BCUT2D eigenvalue weighted by atomic mass is 9.99. The van der Waals surface area contributed by atoms with Gasteiger partial charge in [-0.3, -0.25) is 14.5 Å². The summed E-state index contributed by atoms with van der Waals surface area (Å²) in [6.45, 7) is 5.49. The number of carbonyl (C=O) groups is 2. The van der Waals surface area contributed by atoms with E-state index in [2.05, 4.69) is 4.90 Å². The van der Waals surface area contributed by atoms with E-state index in [1.807, 2.05) is 0 Å². The molecule has 0 unspecified atom stereocenters. The van der Waals surface area contributed by atoms with Crippen LogP contribution in [0.3, 0.4) is 0 Å². The molecule has 0 bridgehead atoms. The Morgan fingerprint density at radius 2 is 1.94 bits per heavy atom. The highest BCUT2D eigenvalue weighted by molar-refractivity contribution is 6.16. The molecule has 178 valence electrons. The Labute approximate surface area is 196 Å². The maximum atomic E-state index is 13.6. The lowest BCUT2D eigenvalue weighted by Crippen LogP contribution is -2.43. The van der Waals surface area contributed by atoms with Crippen LogP contribution in [-0.4, -0.2) is 73.1 Å². The van der Waals surface area contributed by atoms with Gasteiger partial charge in [-0.2, -0.15) is 0 Å². The first kappa shape index (κ1) is 22.2. The van der Waals surface area contributed by atoms with Crippen LogP contribution in [0.5, 0.6) is 5.75 Å². The average molecular weight is 466 g/mol. The Balaban J connectivity index is 1.50. The number of amides is 1. The van der Waals surface area contributed by atoms with Crippen LogP contribution in [0.1, 0.15) is 28.1 Å². The number of fused-ring (bicyclic) bond motifs is 1. The predicted octanol–water partition coefficient (Wildman–Crippen LogP) is 3.25. The molecule has 2 aromatic heterocycles. The molecule has 0 radical (unpaired) electrons. The van der Waals surface area contributed by atoms with Crippen molar-refractivity contribution in [3.05, 3.63) is 65.0 Å². The first-order valence-corrected chi connectivity index (χ1v) is 11.2. The molecule has 1 saturated heterocycles. The maximum Gasteiger partial charge on any atom is 0.290 e. The van der Waals surface area contributed by atoms with Crippen LogP contribution in [0.2, 0.25) is 0 Å². The molecule has 0 saturated carbocycles. The molecule has 5 rings (SSSR count). The molecule has 3 aromatic rings. The van der Waals surface area contributed by atoms with E-state index >= 15 is 0 Å². The number of aliphatic hydroxyl groups is 1. The number of benzene rings is 1. The lowest BCUT2D eigenvalue weighted by Gasteiger charge is -2.30. The van der Waals surface area contributed by atoms with E-state index in [9.17, 15) is 14.7 Å². The van der Waals surface area contributed by atoms with Crippen LogP contribution in [0.25, 0.3) is 11.0 Å². The van der Waals surface area contributed by atoms with Gasteiger partial charge in [0.05, 0.1) is 25.9 Å².